The monoisotopic (exact) mass is 415 g/mol. The first-order valence-corrected chi connectivity index (χ1v) is 7.65. The molecule has 2 aromatic rings. The number of amides is 1. The molecule has 1 heterocycles. The van der Waals surface area contributed by atoms with Gasteiger partial charge >= 0.3 is 6.61 Å². The fourth-order valence-corrected chi connectivity index (χ4v) is 2.49. The number of rotatable bonds is 7. The van der Waals surface area contributed by atoms with Crippen molar-refractivity contribution in [1.29, 1.82) is 0 Å². The van der Waals surface area contributed by atoms with Gasteiger partial charge in [-0.25, -0.2) is 17.6 Å². The summed E-state index contributed by atoms with van der Waals surface area (Å²) in [5, 5.41) is 4.48. The number of benzene rings is 1. The highest BCUT2D eigenvalue weighted by molar-refractivity contribution is 6.32. The van der Waals surface area contributed by atoms with Gasteiger partial charge in [0.2, 0.25) is 5.91 Å². The Kier molecular flexibility index (Phi) is 6.58. The second kappa shape index (κ2) is 8.51. The summed E-state index contributed by atoms with van der Waals surface area (Å²) in [6.45, 7) is -2.46. The predicted molar refractivity (Wildman–Crippen MR) is 83.6 cm³/mol. The van der Waals surface area contributed by atoms with Gasteiger partial charge in [0.15, 0.2) is 0 Å². The lowest BCUT2D eigenvalue weighted by atomic mass is 10.2. The van der Waals surface area contributed by atoms with Crippen molar-refractivity contribution in [3.05, 3.63) is 40.2 Å². The highest BCUT2D eigenvalue weighted by atomic mass is 35.5. The van der Waals surface area contributed by atoms with Gasteiger partial charge in [0.25, 0.3) is 12.9 Å². The van der Waals surface area contributed by atoms with Crippen LogP contribution in [0.15, 0.2) is 18.2 Å². The Morgan fingerprint density at radius 3 is 2.44 bits per heavy atom. The molecular formula is C15H12ClF6N3O2. The second-order valence-corrected chi connectivity index (χ2v) is 5.65. The quantitative estimate of drug-likeness (QED) is 0.650. The van der Waals surface area contributed by atoms with E-state index < -0.39 is 48.3 Å². The van der Waals surface area contributed by atoms with Crippen LogP contribution in [0.3, 0.4) is 0 Å². The van der Waals surface area contributed by atoms with Crippen molar-refractivity contribution in [2.24, 2.45) is 0 Å². The number of alkyl halides is 6. The number of ether oxygens (including phenoxy) is 1. The van der Waals surface area contributed by atoms with Gasteiger partial charge in [-0.15, -0.1) is 0 Å². The van der Waals surface area contributed by atoms with Crippen molar-refractivity contribution in [2.75, 3.05) is 5.32 Å². The molecule has 0 fully saturated rings. The van der Waals surface area contributed by atoms with E-state index in [1.807, 2.05) is 0 Å². The van der Waals surface area contributed by atoms with E-state index in [1.165, 1.54) is 18.2 Å². The van der Waals surface area contributed by atoms with Gasteiger partial charge < -0.3 is 10.1 Å². The fourth-order valence-electron chi connectivity index (χ4n) is 2.19. The minimum atomic E-state index is -3.26. The zero-order chi connectivity index (χ0) is 20.3. The maximum Gasteiger partial charge on any atom is 0.387 e. The molecule has 0 spiro atoms. The molecule has 12 heteroatoms. The Balaban J connectivity index is 2.25. The number of carbonyl (C=O) groups excluding carboxylic acids is 1. The maximum atomic E-state index is 13.1. The van der Waals surface area contributed by atoms with Crippen LogP contribution in [0.2, 0.25) is 5.02 Å². The minimum Gasteiger partial charge on any atom is -0.433 e. The molecule has 1 amide bonds. The number of anilines is 1. The summed E-state index contributed by atoms with van der Waals surface area (Å²) in [6, 6.07) is 3.98. The molecule has 1 N–H and O–H groups in total. The highest BCUT2D eigenvalue weighted by Gasteiger charge is 2.28. The van der Waals surface area contributed by atoms with E-state index >= 15 is 0 Å². The first kappa shape index (κ1) is 20.9. The Labute approximate surface area is 153 Å². The van der Waals surface area contributed by atoms with Crippen LogP contribution in [0.5, 0.6) is 5.75 Å². The predicted octanol–water partition coefficient (Wildman–Crippen LogP) is 4.96. The van der Waals surface area contributed by atoms with Crippen molar-refractivity contribution < 1.29 is 35.9 Å². The smallest absolute Gasteiger partial charge is 0.387 e. The molecule has 0 saturated heterocycles. The number of nitrogens with one attached hydrogen (secondary N) is 1. The van der Waals surface area contributed by atoms with Gasteiger partial charge in [0.1, 0.15) is 23.7 Å². The first-order valence-electron chi connectivity index (χ1n) is 7.27. The molecule has 0 aliphatic carbocycles. The van der Waals surface area contributed by atoms with Crippen LogP contribution in [0, 0.1) is 6.92 Å². The lowest BCUT2D eigenvalue weighted by Crippen LogP contribution is -2.22. The molecule has 1 aromatic carbocycles. The van der Waals surface area contributed by atoms with Gasteiger partial charge in [-0.1, -0.05) is 17.7 Å². The lowest BCUT2D eigenvalue weighted by Gasteiger charge is -2.13. The standard InChI is InChI=1S/C15H12ClF6N3O2/c1-6-2-3-7(8(4-6)27-15(21)22)23-9(26)5-25-12(14(19)20)10(16)11(24-25)13(17)18/h2-4,13-15H,5H2,1H3,(H,23,26). The van der Waals surface area contributed by atoms with Crippen LogP contribution in [-0.2, 0) is 11.3 Å². The minimum absolute atomic E-state index is 0.156. The molecule has 148 valence electrons. The van der Waals surface area contributed by atoms with E-state index in [4.69, 9.17) is 11.6 Å². The molecule has 5 nitrogen and oxygen atoms in total. The van der Waals surface area contributed by atoms with Crippen molar-refractivity contribution in [2.45, 2.75) is 32.9 Å². The second-order valence-electron chi connectivity index (χ2n) is 5.27. The number of halogens is 7. The van der Waals surface area contributed by atoms with Crippen LogP contribution in [-0.4, -0.2) is 22.3 Å². The third kappa shape index (κ3) is 5.06. The number of carbonyl (C=O) groups is 1. The summed E-state index contributed by atoms with van der Waals surface area (Å²) in [6.07, 6.45) is -6.48. The summed E-state index contributed by atoms with van der Waals surface area (Å²) in [5.41, 5.74) is -1.73. The number of hydrogen-bond acceptors (Lipinski definition) is 3. The van der Waals surface area contributed by atoms with Gasteiger partial charge in [0, 0.05) is 0 Å². The summed E-state index contributed by atoms with van der Waals surface area (Å²) in [4.78, 5) is 12.1. The van der Waals surface area contributed by atoms with Gasteiger partial charge in [-0.3, -0.25) is 9.48 Å². The van der Waals surface area contributed by atoms with Crippen LogP contribution in [0.4, 0.5) is 32.0 Å². The molecule has 0 unspecified atom stereocenters. The average Bonchev–Trinajstić information content (AvgIpc) is 2.86. The van der Waals surface area contributed by atoms with Crippen molar-refractivity contribution in [3.8, 4) is 5.75 Å². The normalized spacial score (nSPS) is 11.5. The zero-order valence-electron chi connectivity index (χ0n) is 13.5. The largest absolute Gasteiger partial charge is 0.433 e. The Bertz CT molecular complexity index is 828. The number of nitrogens with zero attached hydrogens (tertiary/aromatic N) is 2. The van der Waals surface area contributed by atoms with Crippen LogP contribution >= 0.6 is 11.6 Å². The average molecular weight is 416 g/mol. The molecule has 1 aromatic heterocycles. The van der Waals surface area contributed by atoms with Gasteiger partial charge in [-0.05, 0) is 24.6 Å². The maximum absolute atomic E-state index is 13.1. The van der Waals surface area contributed by atoms with Crippen molar-refractivity contribution in [1.82, 2.24) is 9.78 Å². The molecule has 0 aliphatic rings. The molecule has 0 radical (unpaired) electrons. The Morgan fingerprint density at radius 1 is 1.22 bits per heavy atom. The zero-order valence-corrected chi connectivity index (χ0v) is 14.3. The Hall–Kier alpha value is -2.43. The molecular weight excluding hydrogens is 404 g/mol. The number of aromatic nitrogens is 2. The third-order valence-corrected chi connectivity index (χ3v) is 3.68. The third-order valence-electron chi connectivity index (χ3n) is 3.29. The van der Waals surface area contributed by atoms with Crippen LogP contribution in [0.25, 0.3) is 0 Å². The van der Waals surface area contributed by atoms with Crippen molar-refractivity contribution >= 4 is 23.2 Å². The summed E-state index contributed by atoms with van der Waals surface area (Å²) in [7, 11) is 0. The topological polar surface area (TPSA) is 56.2 Å². The van der Waals surface area contributed by atoms with E-state index in [0.29, 0.717) is 10.2 Å². The number of aryl methyl sites for hydroxylation is 1. The van der Waals surface area contributed by atoms with E-state index in [-0.39, 0.29) is 11.4 Å². The van der Waals surface area contributed by atoms with E-state index in [9.17, 15) is 31.1 Å². The Morgan fingerprint density at radius 2 is 1.89 bits per heavy atom. The summed E-state index contributed by atoms with van der Waals surface area (Å²) >= 11 is 5.48. The SMILES string of the molecule is Cc1ccc(NC(=O)Cn2nc(C(F)F)c(Cl)c2C(F)F)c(OC(F)F)c1. The van der Waals surface area contributed by atoms with E-state index in [1.54, 1.807) is 6.92 Å². The van der Waals surface area contributed by atoms with Crippen LogP contribution in [0.1, 0.15) is 29.8 Å². The molecule has 2 rings (SSSR count). The summed E-state index contributed by atoms with van der Waals surface area (Å²) in [5.74, 6) is -1.33. The van der Waals surface area contributed by atoms with E-state index in [2.05, 4.69) is 15.2 Å². The van der Waals surface area contributed by atoms with Gasteiger partial charge in [0.05, 0.1) is 10.7 Å². The molecule has 0 atom stereocenters. The molecule has 0 saturated carbocycles. The summed E-state index contributed by atoms with van der Waals surface area (Å²) < 4.78 is 81.3. The molecule has 0 aliphatic heterocycles. The molecule has 27 heavy (non-hydrogen) atoms. The highest BCUT2D eigenvalue weighted by Crippen LogP contribution is 2.34. The van der Waals surface area contributed by atoms with Gasteiger partial charge in [-0.2, -0.15) is 13.9 Å². The fraction of sp³-hybridized carbons (Fsp3) is 0.333. The first-order chi connectivity index (χ1) is 12.6. The van der Waals surface area contributed by atoms with Crippen molar-refractivity contribution in [3.63, 3.8) is 0 Å². The molecule has 0 bridgehead atoms. The number of hydrogen-bond donors (Lipinski definition) is 1. The van der Waals surface area contributed by atoms with E-state index in [0.717, 1.165) is 0 Å². The van der Waals surface area contributed by atoms with Crippen LogP contribution < -0.4 is 10.1 Å². The lowest BCUT2D eigenvalue weighted by molar-refractivity contribution is -0.117.